The maximum Gasteiger partial charge on any atom is 0.125 e. The van der Waals surface area contributed by atoms with Gasteiger partial charge in [-0.3, -0.25) is 0 Å². The largest absolute Gasteiger partial charge is 0.496 e. The van der Waals surface area contributed by atoms with Gasteiger partial charge in [0, 0.05) is 5.02 Å². The summed E-state index contributed by atoms with van der Waals surface area (Å²) in [5.74, 6) is 1.55. The highest BCUT2D eigenvalue weighted by atomic mass is 35.5. The molecule has 0 aromatic heterocycles. The molecule has 0 bridgehead atoms. The maximum atomic E-state index is 6.17. The van der Waals surface area contributed by atoms with Crippen LogP contribution in [0.3, 0.4) is 0 Å². The van der Waals surface area contributed by atoms with Crippen molar-refractivity contribution in [2.75, 3.05) is 20.2 Å². The van der Waals surface area contributed by atoms with E-state index in [1.165, 1.54) is 0 Å². The zero-order chi connectivity index (χ0) is 13.7. The summed E-state index contributed by atoms with van der Waals surface area (Å²) in [5.41, 5.74) is 13.6. The molecular weight excluding hydrogens is 248 g/mol. The third-order valence-electron chi connectivity index (χ3n) is 3.16. The van der Waals surface area contributed by atoms with Crippen molar-refractivity contribution in [3.63, 3.8) is 0 Å². The van der Waals surface area contributed by atoms with Crippen LogP contribution in [0.1, 0.15) is 30.9 Å². The second-order valence-corrected chi connectivity index (χ2v) is 5.32. The highest BCUT2D eigenvalue weighted by Gasteiger charge is 2.16. The lowest BCUT2D eigenvalue weighted by Gasteiger charge is -2.19. The molecule has 0 fully saturated rings. The van der Waals surface area contributed by atoms with Crippen LogP contribution >= 0.6 is 11.6 Å². The fourth-order valence-electron chi connectivity index (χ4n) is 2.08. The van der Waals surface area contributed by atoms with Gasteiger partial charge in [-0.2, -0.15) is 0 Å². The van der Waals surface area contributed by atoms with Crippen LogP contribution in [-0.2, 0) is 6.42 Å². The van der Waals surface area contributed by atoms with Crippen molar-refractivity contribution in [1.29, 1.82) is 0 Å². The summed E-state index contributed by atoms with van der Waals surface area (Å²) in [7, 11) is 1.69. The molecule has 0 aliphatic rings. The fraction of sp³-hybridized carbons (Fsp3) is 0.571. The molecule has 0 heterocycles. The average Bonchev–Trinajstić information content (AvgIpc) is 2.35. The summed E-state index contributed by atoms with van der Waals surface area (Å²) < 4.78 is 5.54. The topological polar surface area (TPSA) is 61.3 Å². The van der Waals surface area contributed by atoms with Crippen LogP contribution in [0.15, 0.2) is 12.1 Å². The number of hydrogen-bond donors (Lipinski definition) is 2. The van der Waals surface area contributed by atoms with Gasteiger partial charge in [-0.15, -0.1) is 0 Å². The lowest BCUT2D eigenvalue weighted by molar-refractivity contribution is 0.397. The molecule has 1 aromatic carbocycles. The van der Waals surface area contributed by atoms with Crippen molar-refractivity contribution in [3.8, 4) is 5.75 Å². The van der Waals surface area contributed by atoms with Crippen LogP contribution in [0.2, 0.25) is 5.02 Å². The molecule has 0 saturated heterocycles. The Morgan fingerprint density at radius 2 is 1.83 bits per heavy atom. The van der Waals surface area contributed by atoms with Gasteiger partial charge in [0.2, 0.25) is 0 Å². The molecular formula is C14H23ClN2O. The van der Waals surface area contributed by atoms with Crippen LogP contribution in [0.25, 0.3) is 0 Å². The Balaban J connectivity index is 3.16. The first kappa shape index (κ1) is 15.3. The molecule has 0 aliphatic heterocycles. The molecule has 3 nitrogen and oxygen atoms in total. The predicted molar refractivity (Wildman–Crippen MR) is 77.4 cm³/mol. The van der Waals surface area contributed by atoms with Gasteiger partial charge in [0.05, 0.1) is 7.11 Å². The van der Waals surface area contributed by atoms with E-state index in [2.05, 4.69) is 13.8 Å². The molecule has 0 amide bonds. The van der Waals surface area contributed by atoms with E-state index in [0.717, 1.165) is 28.3 Å². The minimum Gasteiger partial charge on any atom is -0.496 e. The molecule has 4 heteroatoms. The SMILES string of the molecule is COc1c(CC(CN)CN)cc(Cl)cc1C(C)C. The molecule has 0 atom stereocenters. The first-order valence-electron chi connectivity index (χ1n) is 6.29. The summed E-state index contributed by atoms with van der Waals surface area (Å²) >= 11 is 6.17. The van der Waals surface area contributed by atoms with E-state index >= 15 is 0 Å². The van der Waals surface area contributed by atoms with E-state index in [1.807, 2.05) is 12.1 Å². The van der Waals surface area contributed by atoms with Crippen molar-refractivity contribution in [3.05, 3.63) is 28.3 Å². The molecule has 4 N–H and O–H groups in total. The quantitative estimate of drug-likeness (QED) is 0.835. The Kier molecular flexibility index (Phi) is 5.93. The number of halogens is 1. The first-order chi connectivity index (χ1) is 8.53. The molecule has 18 heavy (non-hydrogen) atoms. The van der Waals surface area contributed by atoms with Gasteiger partial charge in [0.15, 0.2) is 0 Å². The molecule has 1 rings (SSSR count). The minimum atomic E-state index is 0.261. The Morgan fingerprint density at radius 3 is 2.28 bits per heavy atom. The number of rotatable bonds is 6. The zero-order valence-corrected chi connectivity index (χ0v) is 12.1. The number of hydrogen-bond acceptors (Lipinski definition) is 3. The van der Waals surface area contributed by atoms with E-state index in [0.29, 0.717) is 19.0 Å². The van der Waals surface area contributed by atoms with E-state index in [9.17, 15) is 0 Å². The number of ether oxygens (including phenoxy) is 1. The Hall–Kier alpha value is -0.770. The third-order valence-corrected chi connectivity index (χ3v) is 3.38. The van der Waals surface area contributed by atoms with E-state index in [-0.39, 0.29) is 5.92 Å². The second-order valence-electron chi connectivity index (χ2n) is 4.88. The minimum absolute atomic E-state index is 0.261. The van der Waals surface area contributed by atoms with Crippen molar-refractivity contribution in [1.82, 2.24) is 0 Å². The molecule has 0 radical (unpaired) electrons. The highest BCUT2D eigenvalue weighted by Crippen LogP contribution is 2.34. The van der Waals surface area contributed by atoms with Crippen molar-refractivity contribution < 1.29 is 4.74 Å². The molecule has 0 unspecified atom stereocenters. The normalized spacial score (nSPS) is 11.3. The molecule has 1 aromatic rings. The van der Waals surface area contributed by atoms with Crippen LogP contribution in [0.5, 0.6) is 5.75 Å². The van der Waals surface area contributed by atoms with Crippen molar-refractivity contribution in [2.45, 2.75) is 26.2 Å². The van der Waals surface area contributed by atoms with Crippen molar-refractivity contribution in [2.24, 2.45) is 17.4 Å². The van der Waals surface area contributed by atoms with Gasteiger partial charge in [0.1, 0.15) is 5.75 Å². The average molecular weight is 271 g/mol. The molecule has 0 saturated carbocycles. The maximum absolute atomic E-state index is 6.17. The molecule has 0 spiro atoms. The highest BCUT2D eigenvalue weighted by molar-refractivity contribution is 6.30. The fourth-order valence-corrected chi connectivity index (χ4v) is 2.33. The molecule has 0 aliphatic carbocycles. The summed E-state index contributed by atoms with van der Waals surface area (Å²) in [6, 6.07) is 3.92. The van der Waals surface area contributed by atoms with E-state index in [4.69, 9.17) is 27.8 Å². The van der Waals surface area contributed by atoms with Gasteiger partial charge >= 0.3 is 0 Å². The van der Waals surface area contributed by atoms with Crippen LogP contribution in [0, 0.1) is 5.92 Å². The zero-order valence-electron chi connectivity index (χ0n) is 11.4. The Bertz CT molecular complexity index is 390. The van der Waals surface area contributed by atoms with Crippen LogP contribution in [-0.4, -0.2) is 20.2 Å². The number of methoxy groups -OCH3 is 1. The second kappa shape index (κ2) is 6.98. The Morgan fingerprint density at radius 1 is 1.22 bits per heavy atom. The van der Waals surface area contributed by atoms with Crippen molar-refractivity contribution >= 4 is 11.6 Å². The summed E-state index contributed by atoms with van der Waals surface area (Å²) in [6.45, 7) is 5.40. The molecule has 102 valence electrons. The lowest BCUT2D eigenvalue weighted by atomic mass is 9.93. The van der Waals surface area contributed by atoms with Gasteiger partial charge in [-0.25, -0.2) is 0 Å². The van der Waals surface area contributed by atoms with E-state index < -0.39 is 0 Å². The predicted octanol–water partition coefficient (Wildman–Crippen LogP) is 2.55. The van der Waals surface area contributed by atoms with Gasteiger partial charge in [-0.05, 0) is 54.6 Å². The number of benzene rings is 1. The van der Waals surface area contributed by atoms with Gasteiger partial charge in [0.25, 0.3) is 0 Å². The monoisotopic (exact) mass is 270 g/mol. The smallest absolute Gasteiger partial charge is 0.125 e. The summed E-state index contributed by atoms with van der Waals surface area (Å²) in [5, 5.41) is 0.738. The van der Waals surface area contributed by atoms with E-state index in [1.54, 1.807) is 7.11 Å². The van der Waals surface area contributed by atoms with Gasteiger partial charge < -0.3 is 16.2 Å². The van der Waals surface area contributed by atoms with Crippen LogP contribution < -0.4 is 16.2 Å². The van der Waals surface area contributed by atoms with Gasteiger partial charge in [-0.1, -0.05) is 25.4 Å². The van der Waals surface area contributed by atoms with Crippen LogP contribution in [0.4, 0.5) is 0 Å². The lowest BCUT2D eigenvalue weighted by Crippen LogP contribution is -2.25. The standard InChI is InChI=1S/C14H23ClN2O/c1-9(2)13-6-12(15)5-11(14(13)18-3)4-10(7-16)8-17/h5-6,9-10H,4,7-8,16-17H2,1-3H3. The summed E-state index contributed by atoms with van der Waals surface area (Å²) in [4.78, 5) is 0. The third kappa shape index (κ3) is 3.61. The Labute approximate surface area is 114 Å². The first-order valence-corrected chi connectivity index (χ1v) is 6.67. The number of nitrogens with two attached hydrogens (primary N) is 2. The summed E-state index contributed by atoms with van der Waals surface area (Å²) in [6.07, 6.45) is 0.802.